The van der Waals surface area contributed by atoms with Crippen LogP contribution in [-0.2, 0) is 13.0 Å². The molecule has 2 nitrogen and oxygen atoms in total. The van der Waals surface area contributed by atoms with E-state index in [1.54, 1.807) is 16.7 Å². The molecule has 2 rings (SSSR count). The lowest BCUT2D eigenvalue weighted by Gasteiger charge is -2.04. The molecule has 1 aromatic heterocycles. The summed E-state index contributed by atoms with van der Waals surface area (Å²) >= 11 is 0. The molecule has 2 heteroatoms. The summed E-state index contributed by atoms with van der Waals surface area (Å²) in [5.41, 5.74) is 1.40. The van der Waals surface area contributed by atoms with E-state index in [9.17, 15) is 4.79 Å². The van der Waals surface area contributed by atoms with Gasteiger partial charge in [0.05, 0.1) is 0 Å². The van der Waals surface area contributed by atoms with Gasteiger partial charge in [0.15, 0.2) is 0 Å². The number of hydrogen-bond donors (Lipinski definition) is 0. The maximum absolute atomic E-state index is 11.4. The Morgan fingerprint density at radius 1 is 0.938 bits per heavy atom. The number of hydrogen-bond acceptors (Lipinski definition) is 1. The smallest absolute Gasteiger partial charge is 0.250 e. The molecule has 0 aliphatic carbocycles. The lowest BCUT2D eigenvalue weighted by molar-refractivity contribution is 0.622. The van der Waals surface area contributed by atoms with Gasteiger partial charge in [-0.15, -0.1) is 0 Å². The Morgan fingerprint density at radius 2 is 1.69 bits per heavy atom. The van der Waals surface area contributed by atoms with Crippen LogP contribution < -0.4 is 5.56 Å². The zero-order chi connectivity index (χ0) is 11.2. The summed E-state index contributed by atoms with van der Waals surface area (Å²) < 4.78 is 1.75. The van der Waals surface area contributed by atoms with Crippen LogP contribution in [0, 0.1) is 0 Å². The van der Waals surface area contributed by atoms with Crippen LogP contribution in [0.2, 0.25) is 0 Å². The number of rotatable bonds is 4. The molecule has 0 radical (unpaired) electrons. The fraction of sp³-hybridized carbons (Fsp3) is 0.214. The van der Waals surface area contributed by atoms with Crippen molar-refractivity contribution in [1.82, 2.24) is 4.57 Å². The molecule has 0 aliphatic rings. The molecular weight excluding hydrogens is 198 g/mol. The highest BCUT2D eigenvalue weighted by molar-refractivity contribution is 5.14. The first-order valence-corrected chi connectivity index (χ1v) is 5.56. The van der Waals surface area contributed by atoms with Gasteiger partial charge in [0.2, 0.25) is 5.56 Å². The number of aromatic nitrogens is 1. The zero-order valence-corrected chi connectivity index (χ0v) is 9.17. The minimum absolute atomic E-state index is 0.0792. The average molecular weight is 213 g/mol. The predicted octanol–water partition coefficient (Wildman–Crippen LogP) is 2.48. The van der Waals surface area contributed by atoms with Gasteiger partial charge in [0.25, 0.3) is 0 Å². The van der Waals surface area contributed by atoms with E-state index in [4.69, 9.17) is 0 Å². The van der Waals surface area contributed by atoms with Crippen molar-refractivity contribution >= 4 is 0 Å². The van der Waals surface area contributed by atoms with Crippen molar-refractivity contribution in [2.24, 2.45) is 0 Å². The van der Waals surface area contributed by atoms with Crippen molar-refractivity contribution in [3.8, 4) is 0 Å². The molecule has 0 atom stereocenters. The van der Waals surface area contributed by atoms with Crippen LogP contribution in [-0.4, -0.2) is 4.57 Å². The maximum atomic E-state index is 11.4. The third-order valence-corrected chi connectivity index (χ3v) is 2.61. The van der Waals surface area contributed by atoms with Gasteiger partial charge >= 0.3 is 0 Å². The fourth-order valence-electron chi connectivity index (χ4n) is 1.74. The summed E-state index contributed by atoms with van der Waals surface area (Å²) in [5, 5.41) is 0. The summed E-state index contributed by atoms with van der Waals surface area (Å²) in [5.74, 6) is 0. The van der Waals surface area contributed by atoms with Crippen molar-refractivity contribution in [3.63, 3.8) is 0 Å². The molecule has 0 spiro atoms. The second-order valence-corrected chi connectivity index (χ2v) is 3.82. The maximum Gasteiger partial charge on any atom is 0.250 e. The standard InChI is InChI=1S/C14H15NO/c16-14-10-4-5-11-15(14)12-6-9-13-7-2-1-3-8-13/h1-5,7-8,10-11H,6,9,12H2. The monoisotopic (exact) mass is 213 g/mol. The normalized spacial score (nSPS) is 10.2. The van der Waals surface area contributed by atoms with Crippen LogP contribution >= 0.6 is 0 Å². The van der Waals surface area contributed by atoms with E-state index in [2.05, 4.69) is 12.1 Å². The Hall–Kier alpha value is -1.83. The predicted molar refractivity (Wildman–Crippen MR) is 65.5 cm³/mol. The van der Waals surface area contributed by atoms with Gasteiger partial charge in [-0.25, -0.2) is 0 Å². The van der Waals surface area contributed by atoms with Gasteiger partial charge < -0.3 is 4.57 Å². The van der Waals surface area contributed by atoms with E-state index in [0.29, 0.717) is 0 Å². The molecule has 0 amide bonds. The molecule has 0 unspecified atom stereocenters. The van der Waals surface area contributed by atoms with Gasteiger partial charge in [-0.05, 0) is 24.5 Å². The molecule has 82 valence electrons. The van der Waals surface area contributed by atoms with Crippen LogP contribution in [0.4, 0.5) is 0 Å². The molecule has 0 bridgehead atoms. The second-order valence-electron chi connectivity index (χ2n) is 3.82. The van der Waals surface area contributed by atoms with Crippen molar-refractivity contribution in [3.05, 3.63) is 70.6 Å². The lowest BCUT2D eigenvalue weighted by Crippen LogP contribution is -2.17. The topological polar surface area (TPSA) is 22.0 Å². The molecular formula is C14H15NO. The highest BCUT2D eigenvalue weighted by Gasteiger charge is 1.95. The second kappa shape index (κ2) is 5.31. The molecule has 0 N–H and O–H groups in total. The third-order valence-electron chi connectivity index (χ3n) is 2.61. The summed E-state index contributed by atoms with van der Waals surface area (Å²) in [7, 11) is 0. The SMILES string of the molecule is O=c1ccccn1CCCc1ccccc1. The van der Waals surface area contributed by atoms with Crippen LogP contribution in [0.25, 0.3) is 0 Å². The minimum Gasteiger partial charge on any atom is -0.316 e. The number of benzene rings is 1. The first kappa shape index (κ1) is 10.7. The van der Waals surface area contributed by atoms with Crippen LogP contribution in [0.3, 0.4) is 0 Å². The van der Waals surface area contributed by atoms with Crippen LogP contribution in [0.15, 0.2) is 59.5 Å². The molecule has 0 saturated heterocycles. The van der Waals surface area contributed by atoms with Crippen molar-refractivity contribution < 1.29 is 0 Å². The van der Waals surface area contributed by atoms with Gasteiger partial charge in [-0.3, -0.25) is 4.79 Å². The van der Waals surface area contributed by atoms with E-state index in [-0.39, 0.29) is 5.56 Å². The van der Waals surface area contributed by atoms with Crippen molar-refractivity contribution in [1.29, 1.82) is 0 Å². The molecule has 0 saturated carbocycles. The van der Waals surface area contributed by atoms with E-state index in [1.165, 1.54) is 5.56 Å². The van der Waals surface area contributed by atoms with E-state index >= 15 is 0 Å². The summed E-state index contributed by atoms with van der Waals surface area (Å²) in [6, 6.07) is 15.6. The summed E-state index contributed by atoms with van der Waals surface area (Å²) in [6.45, 7) is 0.786. The average Bonchev–Trinajstić information content (AvgIpc) is 2.33. The Labute approximate surface area is 95.2 Å². The first-order valence-electron chi connectivity index (χ1n) is 5.56. The first-order chi connectivity index (χ1) is 7.86. The quantitative estimate of drug-likeness (QED) is 0.764. The minimum atomic E-state index is 0.0792. The van der Waals surface area contributed by atoms with E-state index in [0.717, 1.165) is 19.4 Å². The Balaban J connectivity index is 1.90. The molecule has 2 aromatic rings. The highest BCUT2D eigenvalue weighted by Crippen LogP contribution is 2.02. The molecule has 1 aromatic carbocycles. The van der Waals surface area contributed by atoms with E-state index < -0.39 is 0 Å². The zero-order valence-electron chi connectivity index (χ0n) is 9.17. The van der Waals surface area contributed by atoms with E-state index in [1.807, 2.05) is 30.5 Å². The third kappa shape index (κ3) is 2.83. The largest absolute Gasteiger partial charge is 0.316 e. The van der Waals surface area contributed by atoms with Crippen LogP contribution in [0.5, 0.6) is 0 Å². The molecule has 1 heterocycles. The fourth-order valence-corrected chi connectivity index (χ4v) is 1.74. The van der Waals surface area contributed by atoms with Crippen LogP contribution in [0.1, 0.15) is 12.0 Å². The summed E-state index contributed by atoms with van der Waals surface area (Å²) in [6.07, 6.45) is 3.85. The summed E-state index contributed by atoms with van der Waals surface area (Å²) in [4.78, 5) is 11.4. The van der Waals surface area contributed by atoms with Gasteiger partial charge in [-0.2, -0.15) is 0 Å². The molecule has 16 heavy (non-hydrogen) atoms. The number of pyridine rings is 1. The Kier molecular flexibility index (Phi) is 3.54. The van der Waals surface area contributed by atoms with Gasteiger partial charge in [0, 0.05) is 18.8 Å². The van der Waals surface area contributed by atoms with Crippen molar-refractivity contribution in [2.45, 2.75) is 19.4 Å². The van der Waals surface area contributed by atoms with Gasteiger partial charge in [0.1, 0.15) is 0 Å². The molecule has 0 aliphatic heterocycles. The molecule has 0 fully saturated rings. The number of nitrogens with zero attached hydrogens (tertiary/aromatic N) is 1. The van der Waals surface area contributed by atoms with Gasteiger partial charge in [-0.1, -0.05) is 36.4 Å². The lowest BCUT2D eigenvalue weighted by atomic mass is 10.1. The van der Waals surface area contributed by atoms with Crippen molar-refractivity contribution in [2.75, 3.05) is 0 Å². The highest BCUT2D eigenvalue weighted by atomic mass is 16.1. The number of aryl methyl sites for hydroxylation is 2. The Bertz CT molecular complexity index is 487. The Morgan fingerprint density at radius 3 is 2.44 bits per heavy atom.